The van der Waals surface area contributed by atoms with Gasteiger partial charge in [0.1, 0.15) is 37.2 Å². The van der Waals surface area contributed by atoms with Gasteiger partial charge >= 0.3 is 6.09 Å². The Morgan fingerprint density at radius 1 is 1.29 bits per heavy atom. The molecule has 4 aromatic rings. The Kier molecular flexibility index (Phi) is 6.61. The maximum atomic E-state index is 12.8. The molecule has 35 heavy (non-hydrogen) atoms. The SMILES string of the molecule is CCOC(=O)N1CCc2c([nH]c3ccc(Cl)cc23)C1c1ccc(OCC(O)Cn2cncn2)cc1. The summed E-state index contributed by atoms with van der Waals surface area (Å²) in [6.07, 6.45) is 2.59. The molecule has 2 atom stereocenters. The molecule has 2 aromatic carbocycles. The smallest absolute Gasteiger partial charge is 0.410 e. The topological polar surface area (TPSA) is 106 Å². The summed E-state index contributed by atoms with van der Waals surface area (Å²) in [7, 11) is 0. The predicted octanol–water partition coefficient (Wildman–Crippen LogP) is 3.96. The number of hydrogen-bond donors (Lipinski definition) is 2. The van der Waals surface area contributed by atoms with Gasteiger partial charge in [0, 0.05) is 28.2 Å². The quantitative estimate of drug-likeness (QED) is 0.402. The second kappa shape index (κ2) is 9.97. The molecule has 0 saturated heterocycles. The summed E-state index contributed by atoms with van der Waals surface area (Å²) in [4.78, 5) is 22.0. The molecule has 1 amide bonds. The molecule has 1 aliphatic rings. The summed E-state index contributed by atoms with van der Waals surface area (Å²) in [6, 6.07) is 13.0. The summed E-state index contributed by atoms with van der Waals surface area (Å²) in [5.41, 5.74) is 4.02. The Balaban J connectivity index is 1.39. The second-order valence-electron chi connectivity index (χ2n) is 8.40. The second-order valence-corrected chi connectivity index (χ2v) is 8.84. The molecule has 10 heteroatoms. The minimum atomic E-state index is -0.727. The zero-order chi connectivity index (χ0) is 24.4. The van der Waals surface area contributed by atoms with Crippen molar-refractivity contribution in [2.45, 2.75) is 32.0 Å². The minimum absolute atomic E-state index is 0.116. The number of hydrogen-bond acceptors (Lipinski definition) is 6. The molecular formula is C25H26ClN5O4. The Labute approximate surface area is 207 Å². The van der Waals surface area contributed by atoms with Gasteiger partial charge < -0.3 is 19.6 Å². The molecule has 5 rings (SSSR count). The number of amides is 1. The van der Waals surface area contributed by atoms with Crippen LogP contribution in [0, 0.1) is 0 Å². The number of nitrogens with one attached hydrogen (secondary N) is 1. The first kappa shape index (κ1) is 23.2. The van der Waals surface area contributed by atoms with Gasteiger partial charge in [-0.3, -0.25) is 9.58 Å². The Bertz CT molecular complexity index is 1310. The molecule has 0 spiro atoms. The van der Waals surface area contributed by atoms with Crippen molar-refractivity contribution in [1.82, 2.24) is 24.6 Å². The molecule has 182 valence electrons. The van der Waals surface area contributed by atoms with Crippen molar-refractivity contribution >= 4 is 28.6 Å². The lowest BCUT2D eigenvalue weighted by Crippen LogP contribution is -2.40. The molecule has 2 unspecified atom stereocenters. The van der Waals surface area contributed by atoms with E-state index in [9.17, 15) is 9.90 Å². The fourth-order valence-electron chi connectivity index (χ4n) is 4.54. The molecule has 0 aliphatic carbocycles. The molecule has 2 N–H and O–H groups in total. The fourth-order valence-corrected chi connectivity index (χ4v) is 4.72. The number of aromatic nitrogens is 4. The number of carbonyl (C=O) groups is 1. The number of aliphatic hydroxyl groups excluding tert-OH is 1. The van der Waals surface area contributed by atoms with Gasteiger partial charge in [0.15, 0.2) is 0 Å². The molecular weight excluding hydrogens is 470 g/mol. The number of nitrogens with zero attached hydrogens (tertiary/aromatic N) is 4. The van der Waals surface area contributed by atoms with Crippen molar-refractivity contribution < 1.29 is 19.4 Å². The van der Waals surface area contributed by atoms with Crippen LogP contribution < -0.4 is 4.74 Å². The first-order valence-electron chi connectivity index (χ1n) is 11.5. The van der Waals surface area contributed by atoms with E-state index in [0.717, 1.165) is 27.7 Å². The predicted molar refractivity (Wildman–Crippen MR) is 131 cm³/mol. The number of rotatable bonds is 7. The zero-order valence-corrected chi connectivity index (χ0v) is 20.0. The highest BCUT2D eigenvalue weighted by Crippen LogP contribution is 2.39. The molecule has 2 aromatic heterocycles. The number of halogens is 1. The number of carbonyl (C=O) groups excluding carboxylic acids is 1. The van der Waals surface area contributed by atoms with Gasteiger partial charge in [-0.1, -0.05) is 23.7 Å². The van der Waals surface area contributed by atoms with Crippen LogP contribution in [0.3, 0.4) is 0 Å². The van der Waals surface area contributed by atoms with Gasteiger partial charge in [-0.25, -0.2) is 9.78 Å². The van der Waals surface area contributed by atoms with Crippen LogP contribution in [0.1, 0.15) is 29.8 Å². The number of H-pyrrole nitrogens is 1. The lowest BCUT2D eigenvalue weighted by atomic mass is 9.92. The van der Waals surface area contributed by atoms with Gasteiger partial charge in [0.05, 0.1) is 13.2 Å². The monoisotopic (exact) mass is 495 g/mol. The van der Waals surface area contributed by atoms with E-state index in [2.05, 4.69) is 15.1 Å². The van der Waals surface area contributed by atoms with Crippen LogP contribution in [0.15, 0.2) is 55.1 Å². The highest BCUT2D eigenvalue weighted by atomic mass is 35.5. The van der Waals surface area contributed by atoms with Gasteiger partial charge in [-0.05, 0) is 54.8 Å². The van der Waals surface area contributed by atoms with Crippen molar-refractivity contribution in [2.24, 2.45) is 0 Å². The van der Waals surface area contributed by atoms with Crippen molar-refractivity contribution in [2.75, 3.05) is 19.8 Å². The number of aromatic amines is 1. The standard InChI is InChI=1S/C25H26ClN5O4/c1-2-34-25(33)31-10-9-20-21-11-17(26)5-8-22(21)29-23(20)24(31)16-3-6-19(7-4-16)35-13-18(32)12-30-15-27-14-28-30/h3-8,11,14-15,18,24,29,32H,2,9-10,12-13H2,1H3. The van der Waals surface area contributed by atoms with Crippen LogP contribution in [0.5, 0.6) is 5.75 Å². The van der Waals surface area contributed by atoms with E-state index < -0.39 is 6.10 Å². The lowest BCUT2D eigenvalue weighted by molar-refractivity contribution is 0.0889. The third-order valence-electron chi connectivity index (χ3n) is 6.09. The van der Waals surface area contributed by atoms with E-state index in [1.165, 1.54) is 6.33 Å². The van der Waals surface area contributed by atoms with Crippen molar-refractivity contribution in [3.05, 3.63) is 77.0 Å². The van der Waals surface area contributed by atoms with Gasteiger partial charge in [-0.2, -0.15) is 5.10 Å². The molecule has 3 heterocycles. The average Bonchev–Trinajstić information content (AvgIpc) is 3.50. The highest BCUT2D eigenvalue weighted by Gasteiger charge is 2.35. The zero-order valence-electron chi connectivity index (χ0n) is 19.2. The largest absolute Gasteiger partial charge is 0.491 e. The summed E-state index contributed by atoms with van der Waals surface area (Å²) < 4.78 is 12.7. The molecule has 0 saturated carbocycles. The van der Waals surface area contributed by atoms with Gasteiger partial charge in [-0.15, -0.1) is 0 Å². The van der Waals surface area contributed by atoms with E-state index in [1.807, 2.05) is 42.5 Å². The van der Waals surface area contributed by atoms with Gasteiger partial charge in [0.2, 0.25) is 0 Å². The van der Waals surface area contributed by atoms with Gasteiger partial charge in [0.25, 0.3) is 0 Å². The van der Waals surface area contributed by atoms with E-state index in [4.69, 9.17) is 21.1 Å². The highest BCUT2D eigenvalue weighted by molar-refractivity contribution is 6.31. The molecule has 0 fully saturated rings. The number of ether oxygens (including phenoxy) is 2. The van der Waals surface area contributed by atoms with Crippen molar-refractivity contribution in [1.29, 1.82) is 0 Å². The number of benzene rings is 2. The van der Waals surface area contributed by atoms with Crippen molar-refractivity contribution in [3.63, 3.8) is 0 Å². The maximum Gasteiger partial charge on any atom is 0.410 e. The molecule has 0 radical (unpaired) electrons. The lowest BCUT2D eigenvalue weighted by Gasteiger charge is -2.35. The van der Waals surface area contributed by atoms with Crippen LogP contribution in [-0.4, -0.2) is 61.7 Å². The fraction of sp³-hybridized carbons (Fsp3) is 0.320. The first-order chi connectivity index (χ1) is 17.0. The minimum Gasteiger partial charge on any atom is -0.491 e. The third-order valence-corrected chi connectivity index (χ3v) is 6.33. The average molecular weight is 496 g/mol. The van der Waals surface area contributed by atoms with E-state index >= 15 is 0 Å². The molecule has 1 aliphatic heterocycles. The van der Waals surface area contributed by atoms with Crippen LogP contribution in [0.2, 0.25) is 5.02 Å². The Hall–Kier alpha value is -3.56. The molecule has 9 nitrogen and oxygen atoms in total. The Morgan fingerprint density at radius 2 is 2.11 bits per heavy atom. The third kappa shape index (κ3) is 4.82. The van der Waals surface area contributed by atoms with Crippen molar-refractivity contribution in [3.8, 4) is 5.75 Å². The maximum absolute atomic E-state index is 12.8. The Morgan fingerprint density at radius 3 is 2.86 bits per heavy atom. The first-order valence-corrected chi connectivity index (χ1v) is 11.9. The normalized spacial score (nSPS) is 16.2. The van der Waals surface area contributed by atoms with Crippen LogP contribution in [0.4, 0.5) is 4.79 Å². The van der Waals surface area contributed by atoms with E-state index in [0.29, 0.717) is 36.9 Å². The van der Waals surface area contributed by atoms with Crippen LogP contribution >= 0.6 is 11.6 Å². The molecule has 0 bridgehead atoms. The van der Waals surface area contributed by atoms with Crippen LogP contribution in [0.25, 0.3) is 10.9 Å². The summed E-state index contributed by atoms with van der Waals surface area (Å²) in [6.45, 7) is 3.05. The number of aliphatic hydroxyl groups is 1. The number of fused-ring (bicyclic) bond motifs is 3. The summed E-state index contributed by atoms with van der Waals surface area (Å²) in [5, 5.41) is 15.9. The van der Waals surface area contributed by atoms with E-state index in [-0.39, 0.29) is 18.7 Å². The summed E-state index contributed by atoms with van der Waals surface area (Å²) in [5.74, 6) is 0.619. The van der Waals surface area contributed by atoms with E-state index in [1.54, 1.807) is 22.8 Å². The summed E-state index contributed by atoms with van der Waals surface area (Å²) >= 11 is 6.26. The van der Waals surface area contributed by atoms with Crippen LogP contribution in [-0.2, 0) is 17.7 Å².